The van der Waals surface area contributed by atoms with Gasteiger partial charge in [-0.2, -0.15) is 0 Å². The summed E-state index contributed by atoms with van der Waals surface area (Å²) in [6.07, 6.45) is 1.43. The standard InChI is InChI=1S/C10H13BrN2O4/c1-6-2-13(10(17)12-9(6)16)3-8(11)7(4-14)5-15/h2,14-15H,3-5H2,1H3,(H,12,16,17). The maximum Gasteiger partial charge on any atom is 0.328 e. The van der Waals surface area contributed by atoms with Gasteiger partial charge in [0.25, 0.3) is 5.56 Å². The fourth-order valence-electron chi connectivity index (χ4n) is 1.22. The van der Waals surface area contributed by atoms with Crippen LogP contribution in [0.4, 0.5) is 0 Å². The molecule has 6 nitrogen and oxygen atoms in total. The Morgan fingerprint density at radius 3 is 2.53 bits per heavy atom. The smallest absolute Gasteiger partial charge is 0.328 e. The number of allylic oxidation sites excluding steroid dienone is 1. The fraction of sp³-hybridized carbons (Fsp3) is 0.400. The quantitative estimate of drug-likeness (QED) is 0.697. The molecule has 0 aliphatic heterocycles. The number of rotatable bonds is 4. The maximum absolute atomic E-state index is 11.5. The van der Waals surface area contributed by atoms with E-state index in [4.69, 9.17) is 10.2 Å². The molecule has 0 saturated carbocycles. The molecule has 0 atom stereocenters. The number of hydrogen-bond donors (Lipinski definition) is 3. The highest BCUT2D eigenvalue weighted by Crippen LogP contribution is 2.13. The molecule has 0 saturated heterocycles. The Kier molecular flexibility index (Phi) is 4.86. The summed E-state index contributed by atoms with van der Waals surface area (Å²) in [4.78, 5) is 24.8. The predicted octanol–water partition coefficient (Wildman–Crippen LogP) is -0.521. The maximum atomic E-state index is 11.5. The zero-order chi connectivity index (χ0) is 13.0. The summed E-state index contributed by atoms with van der Waals surface area (Å²) in [5.41, 5.74) is -0.149. The highest BCUT2D eigenvalue weighted by molar-refractivity contribution is 9.11. The largest absolute Gasteiger partial charge is 0.392 e. The molecular weight excluding hydrogens is 292 g/mol. The molecule has 0 bridgehead atoms. The Morgan fingerprint density at radius 1 is 1.41 bits per heavy atom. The molecule has 1 aromatic rings. The van der Waals surface area contributed by atoms with Crippen molar-refractivity contribution in [2.24, 2.45) is 0 Å². The number of hydrogen-bond acceptors (Lipinski definition) is 4. The van der Waals surface area contributed by atoms with Gasteiger partial charge in [0.2, 0.25) is 0 Å². The van der Waals surface area contributed by atoms with Crippen LogP contribution in [0.15, 0.2) is 25.8 Å². The minimum Gasteiger partial charge on any atom is -0.392 e. The predicted molar refractivity (Wildman–Crippen MR) is 66.2 cm³/mol. The van der Waals surface area contributed by atoms with Crippen LogP contribution in [0.5, 0.6) is 0 Å². The monoisotopic (exact) mass is 304 g/mol. The third-order valence-corrected chi connectivity index (χ3v) is 3.07. The van der Waals surface area contributed by atoms with E-state index in [1.165, 1.54) is 10.8 Å². The molecule has 0 unspecified atom stereocenters. The lowest BCUT2D eigenvalue weighted by molar-refractivity contribution is 0.275. The summed E-state index contributed by atoms with van der Waals surface area (Å²) in [6.45, 7) is 1.14. The van der Waals surface area contributed by atoms with E-state index in [0.29, 0.717) is 15.6 Å². The highest BCUT2D eigenvalue weighted by atomic mass is 79.9. The van der Waals surface area contributed by atoms with Crippen LogP contribution in [-0.2, 0) is 6.54 Å². The van der Waals surface area contributed by atoms with Crippen molar-refractivity contribution in [1.29, 1.82) is 0 Å². The van der Waals surface area contributed by atoms with Gasteiger partial charge >= 0.3 is 5.69 Å². The lowest BCUT2D eigenvalue weighted by Crippen LogP contribution is -2.31. The van der Waals surface area contributed by atoms with Crippen molar-refractivity contribution < 1.29 is 10.2 Å². The van der Waals surface area contributed by atoms with Crippen molar-refractivity contribution in [1.82, 2.24) is 9.55 Å². The lowest BCUT2D eigenvalue weighted by Gasteiger charge is -2.08. The summed E-state index contributed by atoms with van der Waals surface area (Å²) >= 11 is 3.19. The Morgan fingerprint density at radius 2 is 2.00 bits per heavy atom. The normalized spacial score (nSPS) is 10.4. The van der Waals surface area contributed by atoms with Crippen molar-refractivity contribution in [3.8, 4) is 0 Å². The van der Waals surface area contributed by atoms with E-state index in [2.05, 4.69) is 20.9 Å². The number of nitrogens with one attached hydrogen (secondary N) is 1. The molecule has 17 heavy (non-hydrogen) atoms. The van der Waals surface area contributed by atoms with Gasteiger partial charge in [0.05, 0.1) is 19.8 Å². The molecule has 1 rings (SSSR count). The first kappa shape index (κ1) is 13.9. The fourth-order valence-corrected chi connectivity index (χ4v) is 1.74. The van der Waals surface area contributed by atoms with Crippen LogP contribution in [0.2, 0.25) is 0 Å². The van der Waals surface area contributed by atoms with Gasteiger partial charge in [-0.1, -0.05) is 15.9 Å². The van der Waals surface area contributed by atoms with E-state index in [1.54, 1.807) is 6.92 Å². The molecule has 0 fully saturated rings. The van der Waals surface area contributed by atoms with Crippen molar-refractivity contribution >= 4 is 15.9 Å². The summed E-state index contributed by atoms with van der Waals surface area (Å²) in [5, 5.41) is 17.9. The molecule has 3 N–H and O–H groups in total. The molecular formula is C10H13BrN2O4. The first-order valence-electron chi connectivity index (χ1n) is 4.88. The molecule has 0 amide bonds. The molecule has 0 radical (unpaired) electrons. The van der Waals surface area contributed by atoms with Crippen LogP contribution in [0.3, 0.4) is 0 Å². The summed E-state index contributed by atoms with van der Waals surface area (Å²) in [7, 11) is 0. The number of aliphatic hydroxyl groups is 2. The summed E-state index contributed by atoms with van der Waals surface area (Å²) in [5.74, 6) is 0. The topological polar surface area (TPSA) is 95.3 Å². The number of aromatic amines is 1. The molecule has 1 heterocycles. The molecule has 7 heteroatoms. The second-order valence-corrected chi connectivity index (χ2v) is 4.48. The molecule has 0 aliphatic rings. The average Bonchev–Trinajstić information content (AvgIpc) is 2.27. The van der Waals surface area contributed by atoms with Crippen LogP contribution < -0.4 is 11.2 Å². The van der Waals surface area contributed by atoms with Gasteiger partial charge in [-0.15, -0.1) is 0 Å². The second kappa shape index (κ2) is 5.95. The summed E-state index contributed by atoms with van der Waals surface area (Å²) in [6, 6.07) is 0. The van der Waals surface area contributed by atoms with Crippen molar-refractivity contribution in [2.45, 2.75) is 13.5 Å². The van der Waals surface area contributed by atoms with Gasteiger partial charge in [0.1, 0.15) is 0 Å². The number of aromatic nitrogens is 2. The zero-order valence-electron chi connectivity index (χ0n) is 9.23. The van der Waals surface area contributed by atoms with E-state index in [0.717, 1.165) is 0 Å². The number of H-pyrrole nitrogens is 1. The Labute approximate surface area is 105 Å². The molecule has 0 spiro atoms. The van der Waals surface area contributed by atoms with Crippen molar-refractivity contribution in [3.05, 3.63) is 42.7 Å². The van der Waals surface area contributed by atoms with Crippen LogP contribution in [0, 0.1) is 6.92 Å². The minimum absolute atomic E-state index is 0.146. The lowest BCUT2D eigenvalue weighted by atomic mass is 10.3. The van der Waals surface area contributed by atoms with Crippen LogP contribution in [-0.4, -0.2) is 33.0 Å². The van der Waals surface area contributed by atoms with Gasteiger partial charge < -0.3 is 10.2 Å². The number of halogens is 1. The van der Waals surface area contributed by atoms with Crippen molar-refractivity contribution in [2.75, 3.05) is 13.2 Å². The van der Waals surface area contributed by atoms with Crippen molar-refractivity contribution in [3.63, 3.8) is 0 Å². The third-order valence-electron chi connectivity index (χ3n) is 2.26. The van der Waals surface area contributed by atoms with E-state index in [-0.39, 0.29) is 19.8 Å². The van der Waals surface area contributed by atoms with E-state index < -0.39 is 11.2 Å². The van der Waals surface area contributed by atoms with Gasteiger partial charge in [0, 0.05) is 16.2 Å². The summed E-state index contributed by atoms with van der Waals surface area (Å²) < 4.78 is 1.79. The molecule has 0 aromatic carbocycles. The van der Waals surface area contributed by atoms with E-state index in [9.17, 15) is 9.59 Å². The minimum atomic E-state index is -0.534. The number of nitrogens with zero attached hydrogens (tertiary/aromatic N) is 1. The third kappa shape index (κ3) is 3.39. The Balaban J connectivity index is 3.12. The first-order chi connectivity index (χ1) is 7.99. The van der Waals surface area contributed by atoms with Gasteiger partial charge in [-0.3, -0.25) is 14.3 Å². The number of aryl methyl sites for hydroxylation is 1. The Hall–Kier alpha value is -1.18. The molecule has 1 aromatic heterocycles. The zero-order valence-corrected chi connectivity index (χ0v) is 10.8. The van der Waals surface area contributed by atoms with Crippen LogP contribution in [0.25, 0.3) is 0 Å². The second-order valence-electron chi connectivity index (χ2n) is 3.52. The Bertz CT molecular complexity index is 538. The van der Waals surface area contributed by atoms with Crippen LogP contribution >= 0.6 is 15.9 Å². The first-order valence-corrected chi connectivity index (χ1v) is 5.67. The van der Waals surface area contributed by atoms with Gasteiger partial charge in [-0.25, -0.2) is 4.79 Å². The SMILES string of the molecule is Cc1cn(CC(Br)=C(CO)CO)c(=O)[nH]c1=O. The van der Waals surface area contributed by atoms with E-state index in [1.807, 2.05) is 0 Å². The highest BCUT2D eigenvalue weighted by Gasteiger charge is 2.06. The van der Waals surface area contributed by atoms with Crippen LogP contribution in [0.1, 0.15) is 5.56 Å². The van der Waals surface area contributed by atoms with E-state index >= 15 is 0 Å². The van der Waals surface area contributed by atoms with Gasteiger partial charge in [0.15, 0.2) is 0 Å². The molecule has 94 valence electrons. The molecule has 0 aliphatic carbocycles. The van der Waals surface area contributed by atoms with Gasteiger partial charge in [-0.05, 0) is 12.5 Å². The number of aliphatic hydroxyl groups excluding tert-OH is 2. The average molecular weight is 305 g/mol.